The molecule has 1 aromatic carbocycles. The summed E-state index contributed by atoms with van der Waals surface area (Å²) < 4.78 is 14.9. The number of hydrazone groups is 1. The van der Waals surface area contributed by atoms with E-state index in [1.54, 1.807) is 24.4 Å². The summed E-state index contributed by atoms with van der Waals surface area (Å²) in [6, 6.07) is 6.42. The van der Waals surface area contributed by atoms with E-state index in [2.05, 4.69) is 5.10 Å². The van der Waals surface area contributed by atoms with E-state index in [1.807, 2.05) is 13.8 Å². The normalized spacial score (nSPS) is 21.2. The Kier molecular flexibility index (Phi) is 2.50. The van der Waals surface area contributed by atoms with Crippen LogP contribution in [-0.4, -0.2) is 22.3 Å². The van der Waals surface area contributed by atoms with E-state index in [0.29, 0.717) is 12.0 Å². The van der Waals surface area contributed by atoms with Crippen LogP contribution >= 0.6 is 0 Å². The fourth-order valence-electron chi connectivity index (χ4n) is 1.66. The second-order valence-electron chi connectivity index (χ2n) is 4.48. The van der Waals surface area contributed by atoms with Crippen LogP contribution in [0.4, 0.5) is 4.39 Å². The highest BCUT2D eigenvalue weighted by atomic mass is 19.1. The van der Waals surface area contributed by atoms with Gasteiger partial charge < -0.3 is 5.11 Å². The fourth-order valence-corrected chi connectivity index (χ4v) is 1.66. The SMILES string of the molecule is CC1(C)CC([O-])=N/[N+]1=C\c1ccccc1F. The van der Waals surface area contributed by atoms with Gasteiger partial charge in [-0.25, -0.2) is 4.39 Å². The van der Waals surface area contributed by atoms with Crippen molar-refractivity contribution in [2.75, 3.05) is 0 Å². The molecular weight excluding hydrogens is 207 g/mol. The van der Waals surface area contributed by atoms with Crippen LogP contribution in [0.15, 0.2) is 29.4 Å². The zero-order valence-electron chi connectivity index (χ0n) is 9.27. The van der Waals surface area contributed by atoms with Crippen molar-refractivity contribution in [1.29, 1.82) is 0 Å². The standard InChI is InChI=1S/C12H13FN2O/c1-12(2)7-11(16)14-15(12)8-9-5-3-4-6-10(9)13/h3-6,8H,7H2,1-2H3/b15-8-. The number of benzene rings is 1. The van der Waals surface area contributed by atoms with Crippen LogP contribution in [0, 0.1) is 5.82 Å². The molecule has 84 valence electrons. The average Bonchev–Trinajstić information content (AvgIpc) is 2.43. The number of halogens is 1. The molecule has 0 aromatic heterocycles. The van der Waals surface area contributed by atoms with Crippen LogP contribution in [-0.2, 0) is 0 Å². The van der Waals surface area contributed by atoms with Crippen molar-refractivity contribution in [3.63, 3.8) is 0 Å². The molecule has 0 saturated heterocycles. The van der Waals surface area contributed by atoms with Crippen molar-refractivity contribution in [2.24, 2.45) is 5.10 Å². The molecule has 1 aromatic rings. The number of hydrogen-bond acceptors (Lipinski definition) is 2. The third-order valence-corrected chi connectivity index (χ3v) is 2.59. The molecule has 3 nitrogen and oxygen atoms in total. The van der Waals surface area contributed by atoms with Gasteiger partial charge in [0.2, 0.25) is 6.21 Å². The minimum Gasteiger partial charge on any atom is -0.857 e. The first-order valence-corrected chi connectivity index (χ1v) is 5.12. The van der Waals surface area contributed by atoms with Crippen molar-refractivity contribution in [2.45, 2.75) is 25.8 Å². The van der Waals surface area contributed by atoms with Gasteiger partial charge in [0, 0.05) is 26.2 Å². The van der Waals surface area contributed by atoms with Gasteiger partial charge in [-0.1, -0.05) is 16.8 Å². The highest BCUT2D eigenvalue weighted by Gasteiger charge is 2.36. The van der Waals surface area contributed by atoms with Crippen LogP contribution in [0.1, 0.15) is 25.8 Å². The molecule has 16 heavy (non-hydrogen) atoms. The average molecular weight is 220 g/mol. The van der Waals surface area contributed by atoms with Gasteiger partial charge >= 0.3 is 0 Å². The molecule has 0 fully saturated rings. The van der Waals surface area contributed by atoms with Crippen LogP contribution < -0.4 is 5.11 Å². The van der Waals surface area contributed by atoms with Crippen LogP contribution in [0.5, 0.6) is 0 Å². The van der Waals surface area contributed by atoms with Gasteiger partial charge in [0.05, 0.1) is 5.56 Å². The fraction of sp³-hybridized carbons (Fsp3) is 0.333. The molecule has 0 spiro atoms. The van der Waals surface area contributed by atoms with Gasteiger partial charge in [0.1, 0.15) is 5.82 Å². The molecule has 0 aliphatic carbocycles. The first kappa shape index (κ1) is 10.8. The predicted molar refractivity (Wildman–Crippen MR) is 58.0 cm³/mol. The summed E-state index contributed by atoms with van der Waals surface area (Å²) >= 11 is 0. The number of nitrogens with zero attached hydrogens (tertiary/aromatic N) is 2. The lowest BCUT2D eigenvalue weighted by molar-refractivity contribution is -0.591. The van der Waals surface area contributed by atoms with Crippen molar-refractivity contribution in [1.82, 2.24) is 0 Å². The van der Waals surface area contributed by atoms with Crippen LogP contribution in [0.2, 0.25) is 0 Å². The van der Waals surface area contributed by atoms with E-state index >= 15 is 0 Å². The first-order valence-electron chi connectivity index (χ1n) is 5.12. The monoisotopic (exact) mass is 220 g/mol. The summed E-state index contributed by atoms with van der Waals surface area (Å²) in [6.07, 6.45) is 1.93. The maximum atomic E-state index is 13.4. The van der Waals surface area contributed by atoms with Gasteiger partial charge in [-0.3, -0.25) is 0 Å². The maximum Gasteiger partial charge on any atom is 0.206 e. The second kappa shape index (κ2) is 3.70. The second-order valence-corrected chi connectivity index (χ2v) is 4.48. The lowest BCUT2D eigenvalue weighted by Crippen LogP contribution is -2.31. The molecule has 2 rings (SSSR count). The summed E-state index contributed by atoms with van der Waals surface area (Å²) in [7, 11) is 0. The van der Waals surface area contributed by atoms with E-state index in [1.165, 1.54) is 10.8 Å². The molecular formula is C12H13FN2O. The summed E-state index contributed by atoms with van der Waals surface area (Å²) in [5, 5.41) is 15.1. The van der Waals surface area contributed by atoms with E-state index < -0.39 is 0 Å². The third kappa shape index (κ3) is 1.96. The molecule has 1 aliphatic rings. The largest absolute Gasteiger partial charge is 0.857 e. The molecule has 0 atom stereocenters. The molecule has 1 heterocycles. The lowest BCUT2D eigenvalue weighted by atomic mass is 10.0. The third-order valence-electron chi connectivity index (χ3n) is 2.59. The topological polar surface area (TPSA) is 38.4 Å². The molecule has 0 N–H and O–H groups in total. The van der Waals surface area contributed by atoms with Crippen LogP contribution in [0.3, 0.4) is 0 Å². The van der Waals surface area contributed by atoms with Crippen molar-refractivity contribution < 1.29 is 14.2 Å². The molecule has 0 radical (unpaired) electrons. The van der Waals surface area contributed by atoms with Gasteiger partial charge in [-0.05, 0) is 17.2 Å². The van der Waals surface area contributed by atoms with Gasteiger partial charge in [0.15, 0.2) is 5.54 Å². The summed E-state index contributed by atoms with van der Waals surface area (Å²) in [5.41, 5.74) is 0.0633. The predicted octanol–water partition coefficient (Wildman–Crippen LogP) is 1.11. The van der Waals surface area contributed by atoms with Gasteiger partial charge in [-0.2, -0.15) is 0 Å². The highest BCUT2D eigenvalue weighted by molar-refractivity contribution is 5.78. The quantitative estimate of drug-likeness (QED) is 0.653. The summed E-state index contributed by atoms with van der Waals surface area (Å²) in [4.78, 5) is 0. The molecule has 0 unspecified atom stereocenters. The lowest BCUT2D eigenvalue weighted by Gasteiger charge is -2.11. The maximum absolute atomic E-state index is 13.4. The summed E-state index contributed by atoms with van der Waals surface area (Å²) in [5.74, 6) is -0.481. The van der Waals surface area contributed by atoms with Crippen molar-refractivity contribution >= 4 is 12.1 Å². The minimum atomic E-state index is -0.376. The Labute approximate surface area is 93.5 Å². The van der Waals surface area contributed by atoms with Crippen molar-refractivity contribution in [3.8, 4) is 0 Å². The van der Waals surface area contributed by atoms with E-state index in [0.717, 1.165) is 0 Å². The van der Waals surface area contributed by atoms with Crippen LogP contribution in [0.25, 0.3) is 0 Å². The Hall–Kier alpha value is -1.71. The molecule has 4 heteroatoms. The Bertz CT molecular complexity index is 478. The summed E-state index contributed by atoms with van der Waals surface area (Å²) in [6.45, 7) is 3.80. The molecule has 0 saturated carbocycles. The molecule has 0 bridgehead atoms. The minimum absolute atomic E-state index is 0.169. The first-order chi connectivity index (χ1) is 7.49. The Balaban J connectivity index is 2.42. The van der Waals surface area contributed by atoms with Gasteiger partial charge in [0.25, 0.3) is 0 Å². The Morgan fingerprint density at radius 3 is 2.69 bits per heavy atom. The zero-order chi connectivity index (χ0) is 11.8. The Morgan fingerprint density at radius 1 is 1.44 bits per heavy atom. The van der Waals surface area contributed by atoms with E-state index in [4.69, 9.17) is 0 Å². The molecule has 1 aliphatic heterocycles. The van der Waals surface area contributed by atoms with Gasteiger partial charge in [-0.15, -0.1) is 0 Å². The zero-order valence-corrected chi connectivity index (χ0v) is 9.27. The smallest absolute Gasteiger partial charge is 0.206 e. The number of hydrogen-bond donors (Lipinski definition) is 0. The number of rotatable bonds is 1. The van der Waals surface area contributed by atoms with E-state index in [-0.39, 0.29) is 17.3 Å². The Morgan fingerprint density at radius 2 is 2.12 bits per heavy atom. The highest BCUT2D eigenvalue weighted by Crippen LogP contribution is 2.20. The van der Waals surface area contributed by atoms with E-state index in [9.17, 15) is 9.50 Å². The van der Waals surface area contributed by atoms with Crippen molar-refractivity contribution in [3.05, 3.63) is 35.6 Å². The molecule has 0 amide bonds.